The summed E-state index contributed by atoms with van der Waals surface area (Å²) in [6.07, 6.45) is 6.62. The van der Waals surface area contributed by atoms with Crippen molar-refractivity contribution in [3.8, 4) is 0 Å². The number of dihydropyridines is 1. The maximum absolute atomic E-state index is 13.5. The van der Waals surface area contributed by atoms with Crippen LogP contribution in [0.25, 0.3) is 10.9 Å². The Balaban J connectivity index is 1.22. The molecule has 1 aromatic heterocycles. The van der Waals surface area contributed by atoms with Crippen LogP contribution in [0, 0.1) is 10.1 Å². The molecule has 45 heavy (non-hydrogen) atoms. The number of methoxy groups -OCH3 is 1. The zero-order valence-corrected chi connectivity index (χ0v) is 26.5. The van der Waals surface area contributed by atoms with Gasteiger partial charge in [-0.2, -0.15) is 0 Å². The lowest BCUT2D eigenvalue weighted by Crippen LogP contribution is -2.32. The topological polar surface area (TPSA) is 133 Å². The van der Waals surface area contributed by atoms with Crippen molar-refractivity contribution in [1.82, 2.24) is 10.3 Å². The average Bonchev–Trinajstić information content (AvgIpc) is 3.02. The molecule has 10 nitrogen and oxygen atoms in total. The van der Waals surface area contributed by atoms with Crippen molar-refractivity contribution in [2.75, 3.05) is 25.6 Å². The van der Waals surface area contributed by atoms with Gasteiger partial charge in [0, 0.05) is 51.9 Å². The first-order valence-electron chi connectivity index (χ1n) is 15.2. The van der Waals surface area contributed by atoms with Crippen LogP contribution in [0.3, 0.4) is 0 Å². The highest BCUT2D eigenvalue weighted by molar-refractivity contribution is 6.31. The fourth-order valence-corrected chi connectivity index (χ4v) is 6.42. The number of nitro groups is 1. The molecule has 2 aliphatic rings. The average molecular weight is 633 g/mol. The minimum absolute atomic E-state index is 0.143. The monoisotopic (exact) mass is 632 g/mol. The van der Waals surface area contributed by atoms with Gasteiger partial charge >= 0.3 is 11.9 Å². The number of ether oxygens (including phenoxy) is 2. The summed E-state index contributed by atoms with van der Waals surface area (Å²) in [7, 11) is 1.26. The van der Waals surface area contributed by atoms with Crippen LogP contribution >= 0.6 is 11.6 Å². The van der Waals surface area contributed by atoms with Gasteiger partial charge in [0.15, 0.2) is 0 Å². The molecule has 3 aromatic rings. The van der Waals surface area contributed by atoms with Gasteiger partial charge in [-0.1, -0.05) is 23.7 Å². The van der Waals surface area contributed by atoms with Crippen molar-refractivity contribution in [2.24, 2.45) is 0 Å². The van der Waals surface area contributed by atoms with Crippen LogP contribution in [0.5, 0.6) is 0 Å². The second-order valence-electron chi connectivity index (χ2n) is 11.4. The quantitative estimate of drug-likeness (QED) is 0.100. The maximum Gasteiger partial charge on any atom is 0.336 e. The number of pyridine rings is 1. The molecule has 0 amide bonds. The normalized spacial score (nSPS) is 16.2. The van der Waals surface area contributed by atoms with E-state index in [2.05, 4.69) is 10.6 Å². The number of anilines is 1. The number of non-ortho nitro benzene ring substituents is 1. The van der Waals surface area contributed by atoms with E-state index in [1.165, 1.54) is 30.9 Å². The summed E-state index contributed by atoms with van der Waals surface area (Å²) in [5.41, 5.74) is 6.22. The van der Waals surface area contributed by atoms with Crippen LogP contribution in [0.15, 0.2) is 65.0 Å². The molecule has 1 aliphatic heterocycles. The first-order chi connectivity index (χ1) is 21.7. The molecule has 0 spiro atoms. The largest absolute Gasteiger partial charge is 0.466 e. The molecule has 236 valence electrons. The molecule has 0 saturated heterocycles. The predicted octanol–water partition coefficient (Wildman–Crippen LogP) is 6.91. The molecule has 0 bridgehead atoms. The lowest BCUT2D eigenvalue weighted by molar-refractivity contribution is -0.384. The van der Waals surface area contributed by atoms with Gasteiger partial charge in [0.1, 0.15) is 0 Å². The van der Waals surface area contributed by atoms with Gasteiger partial charge in [0.2, 0.25) is 0 Å². The number of hydrogen-bond donors (Lipinski definition) is 2. The fraction of sp³-hybridized carbons (Fsp3) is 0.382. The first kappa shape index (κ1) is 32.0. The van der Waals surface area contributed by atoms with E-state index in [-0.39, 0.29) is 23.4 Å². The van der Waals surface area contributed by atoms with Crippen molar-refractivity contribution in [3.63, 3.8) is 0 Å². The number of nitrogens with one attached hydrogen (secondary N) is 2. The number of rotatable bonds is 11. The van der Waals surface area contributed by atoms with E-state index in [1.54, 1.807) is 19.9 Å². The number of esters is 2. The third kappa shape index (κ3) is 6.96. The number of nitro benzene ring substituents is 1. The number of hydrogen-bond acceptors (Lipinski definition) is 9. The molecule has 0 fully saturated rings. The summed E-state index contributed by atoms with van der Waals surface area (Å²) < 4.78 is 10.7. The zero-order chi connectivity index (χ0) is 32.1. The summed E-state index contributed by atoms with van der Waals surface area (Å²) in [5.74, 6) is -2.10. The Morgan fingerprint density at radius 3 is 2.56 bits per heavy atom. The molecular weight excluding hydrogens is 596 g/mol. The summed E-state index contributed by atoms with van der Waals surface area (Å²) in [6.45, 7) is 4.38. The standard InChI is InChI=1S/C34H37ClN4O6/c1-20-29(33(40)44-3)31(22-10-9-11-24(18-22)39(42)43)30(21(2)37-20)34(41)45-17-8-4-7-16-36-32-25-12-5-6-13-27(25)38-28-19-23(35)14-15-26(28)32/h9-11,14-15,18-19,31,37H,4-8,12-13,16-17H2,1-3H3,(H,36,38). The van der Waals surface area contributed by atoms with Gasteiger partial charge in [-0.25, -0.2) is 9.59 Å². The number of carbonyl (C=O) groups excluding carboxylic acids is 2. The van der Waals surface area contributed by atoms with E-state index >= 15 is 0 Å². The van der Waals surface area contributed by atoms with Gasteiger partial charge in [-0.3, -0.25) is 15.1 Å². The summed E-state index contributed by atoms with van der Waals surface area (Å²) in [5, 5.41) is 20.0. The molecule has 1 atom stereocenters. The summed E-state index contributed by atoms with van der Waals surface area (Å²) >= 11 is 6.25. The Labute approximate surface area is 267 Å². The lowest BCUT2D eigenvalue weighted by atomic mass is 9.80. The van der Waals surface area contributed by atoms with E-state index in [4.69, 9.17) is 26.1 Å². The Hall–Kier alpha value is -4.44. The van der Waals surface area contributed by atoms with Crippen molar-refractivity contribution in [2.45, 2.75) is 64.7 Å². The number of nitrogens with zero attached hydrogens (tertiary/aromatic N) is 2. The van der Waals surface area contributed by atoms with E-state index < -0.39 is 22.8 Å². The molecule has 2 aromatic carbocycles. The lowest BCUT2D eigenvalue weighted by Gasteiger charge is -2.30. The Morgan fingerprint density at radius 2 is 1.80 bits per heavy atom. The number of halogens is 1. The molecule has 1 unspecified atom stereocenters. The van der Waals surface area contributed by atoms with Crippen molar-refractivity contribution >= 4 is 45.8 Å². The number of benzene rings is 2. The second kappa shape index (κ2) is 14.1. The Bertz CT molecular complexity index is 1720. The van der Waals surface area contributed by atoms with Gasteiger partial charge in [-0.05, 0) is 88.1 Å². The first-order valence-corrected chi connectivity index (χ1v) is 15.6. The number of aromatic nitrogens is 1. The van der Waals surface area contributed by atoms with Gasteiger partial charge < -0.3 is 20.1 Å². The van der Waals surface area contributed by atoms with Crippen molar-refractivity contribution in [3.05, 3.63) is 97.0 Å². The van der Waals surface area contributed by atoms with Crippen LogP contribution in [0.2, 0.25) is 5.02 Å². The van der Waals surface area contributed by atoms with E-state index in [0.717, 1.165) is 67.4 Å². The Kier molecular flexibility index (Phi) is 10.0. The molecule has 0 radical (unpaired) electrons. The van der Waals surface area contributed by atoms with E-state index in [1.807, 2.05) is 18.2 Å². The maximum atomic E-state index is 13.5. The smallest absolute Gasteiger partial charge is 0.336 e. The van der Waals surface area contributed by atoms with E-state index in [0.29, 0.717) is 28.4 Å². The molecule has 5 rings (SSSR count). The minimum Gasteiger partial charge on any atom is -0.466 e. The number of allylic oxidation sites excluding steroid dienone is 2. The van der Waals surface area contributed by atoms with E-state index in [9.17, 15) is 19.7 Å². The number of fused-ring (bicyclic) bond motifs is 2. The minimum atomic E-state index is -0.883. The van der Waals surface area contributed by atoms with Gasteiger partial charge in [0.25, 0.3) is 5.69 Å². The van der Waals surface area contributed by atoms with Crippen LogP contribution in [0.4, 0.5) is 11.4 Å². The highest BCUT2D eigenvalue weighted by atomic mass is 35.5. The van der Waals surface area contributed by atoms with Gasteiger partial charge in [0.05, 0.1) is 41.2 Å². The highest BCUT2D eigenvalue weighted by Crippen LogP contribution is 2.40. The van der Waals surface area contributed by atoms with Gasteiger partial charge in [-0.15, -0.1) is 0 Å². The highest BCUT2D eigenvalue weighted by Gasteiger charge is 2.38. The van der Waals surface area contributed by atoms with Crippen LogP contribution in [-0.4, -0.2) is 42.1 Å². The summed E-state index contributed by atoms with van der Waals surface area (Å²) in [6, 6.07) is 11.8. The third-order valence-corrected chi connectivity index (χ3v) is 8.62. The molecule has 0 saturated carbocycles. The van der Waals surface area contributed by atoms with Crippen LogP contribution in [-0.2, 0) is 31.9 Å². The summed E-state index contributed by atoms with van der Waals surface area (Å²) in [4.78, 5) is 42.2. The zero-order valence-electron chi connectivity index (χ0n) is 25.7. The molecule has 2 N–H and O–H groups in total. The van der Waals surface area contributed by atoms with Crippen molar-refractivity contribution < 1.29 is 24.0 Å². The third-order valence-electron chi connectivity index (χ3n) is 8.38. The fourth-order valence-electron chi connectivity index (χ4n) is 6.26. The second-order valence-corrected chi connectivity index (χ2v) is 11.8. The predicted molar refractivity (Wildman–Crippen MR) is 173 cm³/mol. The number of aryl methyl sites for hydroxylation is 1. The molecule has 11 heteroatoms. The molecule has 2 heterocycles. The SMILES string of the molecule is COC(=O)C1=C(C)NC(C)=C(C(=O)OCCCCCNc2c3c(nc4cc(Cl)ccc24)CCCC3)C1c1cccc([N+](=O)[O-])c1. The van der Waals surface area contributed by atoms with Crippen LogP contribution in [0.1, 0.15) is 68.7 Å². The molecular formula is C34H37ClN4O6. The Morgan fingerprint density at radius 1 is 1.04 bits per heavy atom. The van der Waals surface area contributed by atoms with Crippen LogP contribution < -0.4 is 10.6 Å². The number of carbonyl (C=O) groups is 2. The molecule has 1 aliphatic carbocycles. The van der Waals surface area contributed by atoms with Crippen molar-refractivity contribution in [1.29, 1.82) is 0 Å². The number of unbranched alkanes of at least 4 members (excludes halogenated alkanes) is 2.